The number of rotatable bonds is 9. The van der Waals surface area contributed by atoms with E-state index < -0.39 is 5.97 Å². The summed E-state index contributed by atoms with van der Waals surface area (Å²) in [6.45, 7) is 5.89. The highest BCUT2D eigenvalue weighted by molar-refractivity contribution is 7.18. The van der Waals surface area contributed by atoms with E-state index in [0.717, 1.165) is 36.1 Å². The van der Waals surface area contributed by atoms with Crippen molar-refractivity contribution in [3.05, 3.63) is 27.1 Å². The lowest BCUT2D eigenvalue weighted by atomic mass is 10.2. The Morgan fingerprint density at radius 1 is 1.27 bits per heavy atom. The van der Waals surface area contributed by atoms with Crippen molar-refractivity contribution in [2.24, 2.45) is 0 Å². The summed E-state index contributed by atoms with van der Waals surface area (Å²) >= 11 is 1.45. The molecule has 2 aromatic heterocycles. The number of unbranched alkanes of at least 4 members (excludes halogenated alkanes) is 3. The molecule has 2 heterocycles. The first-order chi connectivity index (χ1) is 12.4. The molecule has 0 aliphatic rings. The summed E-state index contributed by atoms with van der Waals surface area (Å²) in [5.74, 6) is -0.973. The molecule has 0 bridgehead atoms. The van der Waals surface area contributed by atoms with Crippen LogP contribution in [0.5, 0.6) is 0 Å². The number of hydrogen-bond donors (Lipinski definition) is 1. The molecule has 8 heteroatoms. The third kappa shape index (κ3) is 5.14. The van der Waals surface area contributed by atoms with E-state index in [4.69, 9.17) is 4.74 Å². The van der Waals surface area contributed by atoms with Gasteiger partial charge in [0.05, 0.1) is 11.7 Å². The molecule has 142 valence electrons. The van der Waals surface area contributed by atoms with Crippen LogP contribution in [-0.4, -0.2) is 34.6 Å². The highest BCUT2D eigenvalue weighted by Gasteiger charge is 2.14. The number of thiophene rings is 1. The van der Waals surface area contributed by atoms with Crippen molar-refractivity contribution >= 4 is 33.4 Å². The Balaban J connectivity index is 1.85. The molecule has 0 atom stereocenters. The maximum atomic E-state index is 12.5. The highest BCUT2D eigenvalue weighted by atomic mass is 32.1. The number of nitrogens with one attached hydrogen (secondary N) is 1. The molecule has 0 aliphatic carbocycles. The Kier molecular flexibility index (Phi) is 7.32. The molecule has 26 heavy (non-hydrogen) atoms. The van der Waals surface area contributed by atoms with E-state index in [1.165, 1.54) is 22.2 Å². The highest BCUT2D eigenvalue weighted by Crippen LogP contribution is 2.25. The van der Waals surface area contributed by atoms with Gasteiger partial charge >= 0.3 is 5.97 Å². The second-order valence-corrected chi connectivity index (χ2v) is 7.42. The van der Waals surface area contributed by atoms with Crippen LogP contribution < -0.4 is 10.9 Å². The van der Waals surface area contributed by atoms with E-state index >= 15 is 0 Å². The molecule has 7 nitrogen and oxygen atoms in total. The number of fused-ring (bicyclic) bond motifs is 1. The van der Waals surface area contributed by atoms with Gasteiger partial charge in [-0.15, -0.1) is 11.3 Å². The van der Waals surface area contributed by atoms with E-state index in [-0.39, 0.29) is 24.6 Å². The van der Waals surface area contributed by atoms with Crippen LogP contribution in [0.1, 0.15) is 43.0 Å². The fourth-order valence-corrected chi connectivity index (χ4v) is 3.53. The van der Waals surface area contributed by atoms with Crippen molar-refractivity contribution in [1.82, 2.24) is 14.9 Å². The largest absolute Gasteiger partial charge is 0.454 e. The topological polar surface area (TPSA) is 90.3 Å². The second-order valence-electron chi connectivity index (χ2n) is 6.21. The van der Waals surface area contributed by atoms with Crippen LogP contribution in [0, 0.1) is 13.8 Å². The van der Waals surface area contributed by atoms with Crippen molar-refractivity contribution < 1.29 is 14.3 Å². The van der Waals surface area contributed by atoms with Crippen molar-refractivity contribution in [3.8, 4) is 0 Å². The number of amides is 1. The van der Waals surface area contributed by atoms with E-state index in [1.807, 2.05) is 13.8 Å². The number of aromatic nitrogens is 2. The summed E-state index contributed by atoms with van der Waals surface area (Å²) in [5, 5.41) is 3.25. The molecule has 0 aliphatic heterocycles. The summed E-state index contributed by atoms with van der Waals surface area (Å²) in [4.78, 5) is 42.0. The van der Waals surface area contributed by atoms with Gasteiger partial charge in [-0.25, -0.2) is 4.98 Å². The Labute approximate surface area is 156 Å². The molecular weight excluding hydrogens is 354 g/mol. The van der Waals surface area contributed by atoms with Gasteiger partial charge in [0.15, 0.2) is 6.61 Å². The first-order valence-corrected chi connectivity index (χ1v) is 9.63. The minimum absolute atomic E-state index is 0.264. The van der Waals surface area contributed by atoms with Crippen molar-refractivity contribution in [1.29, 1.82) is 0 Å². The van der Waals surface area contributed by atoms with Gasteiger partial charge in [-0.05, 0) is 25.8 Å². The van der Waals surface area contributed by atoms with Gasteiger partial charge in [0.2, 0.25) is 0 Å². The Bertz CT molecular complexity index is 841. The van der Waals surface area contributed by atoms with E-state index in [1.54, 1.807) is 0 Å². The zero-order valence-corrected chi connectivity index (χ0v) is 16.3. The van der Waals surface area contributed by atoms with Crippen LogP contribution in [0.15, 0.2) is 11.1 Å². The third-order valence-corrected chi connectivity index (χ3v) is 5.29. The maximum Gasteiger partial charge on any atom is 0.326 e. The fraction of sp³-hybridized carbons (Fsp3) is 0.556. The SMILES string of the molecule is CCCCCCNC(=O)COC(=O)Cn1cnc2sc(C)c(C)c2c1=O. The lowest BCUT2D eigenvalue weighted by Gasteiger charge is -2.08. The minimum Gasteiger partial charge on any atom is -0.454 e. The number of nitrogens with zero attached hydrogens (tertiary/aromatic N) is 2. The lowest BCUT2D eigenvalue weighted by Crippen LogP contribution is -2.31. The van der Waals surface area contributed by atoms with Crippen LogP contribution in [0.4, 0.5) is 0 Å². The molecule has 1 N–H and O–H groups in total. The predicted octanol–water partition coefficient (Wildman–Crippen LogP) is 2.31. The monoisotopic (exact) mass is 379 g/mol. The first-order valence-electron chi connectivity index (χ1n) is 8.81. The van der Waals surface area contributed by atoms with Crippen LogP contribution in [-0.2, 0) is 20.9 Å². The maximum absolute atomic E-state index is 12.5. The molecule has 0 fully saturated rings. The fourth-order valence-electron chi connectivity index (χ4n) is 2.54. The first kappa shape index (κ1) is 20.1. The van der Waals surface area contributed by atoms with E-state index in [2.05, 4.69) is 17.2 Å². The standard InChI is InChI=1S/C18H25N3O4S/c1-4-5-6-7-8-19-14(22)10-25-15(23)9-21-11-20-17-16(18(21)24)12(2)13(3)26-17/h11H,4-10H2,1-3H3,(H,19,22). The van der Waals surface area contributed by atoms with E-state index in [0.29, 0.717) is 16.8 Å². The molecule has 0 unspecified atom stereocenters. The van der Waals surface area contributed by atoms with Crippen molar-refractivity contribution in [2.45, 2.75) is 53.0 Å². The van der Waals surface area contributed by atoms with Gasteiger partial charge in [-0.1, -0.05) is 26.2 Å². The van der Waals surface area contributed by atoms with Gasteiger partial charge in [-0.3, -0.25) is 19.0 Å². The summed E-state index contributed by atoms with van der Waals surface area (Å²) in [7, 11) is 0. The summed E-state index contributed by atoms with van der Waals surface area (Å²) in [6, 6.07) is 0. The average molecular weight is 379 g/mol. The summed E-state index contributed by atoms with van der Waals surface area (Å²) < 4.78 is 6.17. The van der Waals surface area contributed by atoms with Gasteiger partial charge in [-0.2, -0.15) is 0 Å². The van der Waals surface area contributed by atoms with E-state index in [9.17, 15) is 14.4 Å². The van der Waals surface area contributed by atoms with Crippen LogP contribution in [0.3, 0.4) is 0 Å². The number of hydrogen-bond acceptors (Lipinski definition) is 6. The van der Waals surface area contributed by atoms with Gasteiger partial charge in [0.1, 0.15) is 11.4 Å². The third-order valence-electron chi connectivity index (χ3n) is 4.17. The van der Waals surface area contributed by atoms with Crippen LogP contribution in [0.2, 0.25) is 0 Å². The lowest BCUT2D eigenvalue weighted by molar-refractivity contribution is -0.149. The van der Waals surface area contributed by atoms with Gasteiger partial charge in [0.25, 0.3) is 11.5 Å². The minimum atomic E-state index is -0.640. The molecule has 1 amide bonds. The molecule has 0 saturated carbocycles. The quantitative estimate of drug-likeness (QED) is 0.533. The smallest absolute Gasteiger partial charge is 0.326 e. The van der Waals surface area contributed by atoms with Crippen LogP contribution >= 0.6 is 11.3 Å². The average Bonchev–Trinajstić information content (AvgIpc) is 2.90. The number of carbonyl (C=O) groups is 2. The zero-order valence-electron chi connectivity index (χ0n) is 15.5. The Morgan fingerprint density at radius 2 is 2.04 bits per heavy atom. The van der Waals surface area contributed by atoms with Crippen molar-refractivity contribution in [3.63, 3.8) is 0 Å². The molecule has 2 rings (SSSR count). The molecule has 0 saturated heterocycles. The predicted molar refractivity (Wildman–Crippen MR) is 101 cm³/mol. The van der Waals surface area contributed by atoms with Gasteiger partial charge in [0, 0.05) is 11.4 Å². The number of esters is 1. The molecule has 0 spiro atoms. The zero-order chi connectivity index (χ0) is 19.1. The van der Waals surface area contributed by atoms with Gasteiger partial charge < -0.3 is 10.1 Å². The van der Waals surface area contributed by atoms with Crippen LogP contribution in [0.25, 0.3) is 10.2 Å². The Hall–Kier alpha value is -2.22. The number of aryl methyl sites for hydroxylation is 2. The molecule has 0 radical (unpaired) electrons. The normalized spacial score (nSPS) is 10.9. The van der Waals surface area contributed by atoms with Crippen molar-refractivity contribution in [2.75, 3.05) is 13.2 Å². The summed E-state index contributed by atoms with van der Waals surface area (Å²) in [5.41, 5.74) is 0.613. The molecule has 0 aromatic carbocycles. The summed E-state index contributed by atoms with van der Waals surface area (Å²) in [6.07, 6.45) is 5.59. The number of ether oxygens (including phenoxy) is 1. The Morgan fingerprint density at radius 3 is 2.77 bits per heavy atom. The number of carbonyl (C=O) groups excluding carboxylic acids is 2. The molecular formula is C18H25N3O4S. The second kappa shape index (κ2) is 9.47. The molecule has 2 aromatic rings.